The van der Waals surface area contributed by atoms with Crippen LogP contribution in [0.25, 0.3) is 11.2 Å². The molecule has 96 valence electrons. The maximum absolute atomic E-state index is 10.9. The molecule has 0 amide bonds. The summed E-state index contributed by atoms with van der Waals surface area (Å²) in [7, 11) is 0. The Bertz CT molecular complexity index is 568. The molecule has 2 aromatic rings. The van der Waals surface area contributed by atoms with Crippen LogP contribution in [-0.2, 0) is 16.1 Å². The summed E-state index contributed by atoms with van der Waals surface area (Å²) in [6.07, 6.45) is 2.20. The number of aliphatic hydroxyl groups excluding tert-OH is 1. The number of hydrogen-bond acceptors (Lipinski definition) is 7. The van der Waals surface area contributed by atoms with Gasteiger partial charge in [-0.1, -0.05) is 0 Å². The Labute approximate surface area is 102 Å². The lowest BCUT2D eigenvalue weighted by Gasteiger charge is -2.14. The largest absolute Gasteiger partial charge is 0.458 e. The Morgan fingerprint density at radius 1 is 1.56 bits per heavy atom. The van der Waals surface area contributed by atoms with Gasteiger partial charge in [0.25, 0.3) is 0 Å². The molecule has 0 saturated heterocycles. The van der Waals surface area contributed by atoms with Crippen LogP contribution in [-0.4, -0.2) is 43.3 Å². The van der Waals surface area contributed by atoms with Gasteiger partial charge in [0, 0.05) is 6.92 Å². The van der Waals surface area contributed by atoms with E-state index in [1.807, 2.05) is 0 Å². The molecule has 0 bridgehead atoms. The average Bonchev–Trinajstić information content (AvgIpc) is 2.72. The number of nitrogens with zero attached hydrogens (tertiary/aromatic N) is 4. The van der Waals surface area contributed by atoms with E-state index in [1.165, 1.54) is 19.6 Å². The first-order valence-corrected chi connectivity index (χ1v) is 5.31. The van der Waals surface area contributed by atoms with Crippen molar-refractivity contribution in [3.63, 3.8) is 0 Å². The first kappa shape index (κ1) is 12.2. The summed E-state index contributed by atoms with van der Waals surface area (Å²) < 4.78 is 6.59. The third-order valence-corrected chi connectivity index (χ3v) is 2.37. The van der Waals surface area contributed by atoms with Gasteiger partial charge < -0.3 is 20.1 Å². The topological polar surface area (TPSA) is 116 Å². The molecule has 3 N–H and O–H groups in total. The Balaban J connectivity index is 2.26. The van der Waals surface area contributed by atoms with E-state index in [9.17, 15) is 4.79 Å². The van der Waals surface area contributed by atoms with Crippen LogP contribution in [0.3, 0.4) is 0 Å². The maximum Gasteiger partial charge on any atom is 0.303 e. The van der Waals surface area contributed by atoms with Gasteiger partial charge in [-0.25, -0.2) is 15.0 Å². The maximum atomic E-state index is 10.9. The number of ether oxygens (including phenoxy) is 1. The van der Waals surface area contributed by atoms with Gasteiger partial charge in [-0.3, -0.25) is 4.79 Å². The molecule has 18 heavy (non-hydrogen) atoms. The Hall–Kier alpha value is -2.22. The lowest BCUT2D eigenvalue weighted by Crippen LogP contribution is -2.26. The standard InChI is InChI=1S/C10H13N5O3/c1-6(17)18-7(3-16)2-15-5-14-8-9(11)12-4-13-10(8)15/h4-5,7,16H,2-3H2,1H3,(H2,11,12,13). The molecule has 0 radical (unpaired) electrons. The fraction of sp³-hybridized carbons (Fsp3) is 0.400. The normalized spacial score (nSPS) is 12.6. The average molecular weight is 251 g/mol. The van der Waals surface area contributed by atoms with Crippen LogP contribution >= 0.6 is 0 Å². The van der Waals surface area contributed by atoms with Gasteiger partial charge in [-0.05, 0) is 0 Å². The van der Waals surface area contributed by atoms with Crippen molar-refractivity contribution in [3.05, 3.63) is 12.7 Å². The lowest BCUT2D eigenvalue weighted by molar-refractivity contribution is -0.149. The molecule has 1 unspecified atom stereocenters. The monoisotopic (exact) mass is 251 g/mol. The zero-order valence-corrected chi connectivity index (χ0v) is 9.78. The van der Waals surface area contributed by atoms with Gasteiger partial charge in [0.2, 0.25) is 0 Å². The molecule has 0 aliphatic heterocycles. The van der Waals surface area contributed by atoms with Crippen LogP contribution in [0.1, 0.15) is 6.92 Å². The van der Waals surface area contributed by atoms with E-state index in [2.05, 4.69) is 15.0 Å². The Morgan fingerprint density at radius 2 is 2.33 bits per heavy atom. The van der Waals surface area contributed by atoms with E-state index in [1.54, 1.807) is 4.57 Å². The van der Waals surface area contributed by atoms with Gasteiger partial charge in [0.05, 0.1) is 19.5 Å². The number of imidazole rings is 1. The quantitative estimate of drug-likeness (QED) is 0.692. The molecule has 2 aromatic heterocycles. The van der Waals surface area contributed by atoms with Crippen molar-refractivity contribution in [2.24, 2.45) is 0 Å². The number of fused-ring (bicyclic) bond motifs is 1. The van der Waals surface area contributed by atoms with Gasteiger partial charge in [-0.15, -0.1) is 0 Å². The number of nitrogen functional groups attached to an aromatic ring is 1. The van der Waals surface area contributed by atoms with Gasteiger partial charge in [0.15, 0.2) is 11.5 Å². The molecule has 0 fully saturated rings. The molecule has 0 aliphatic rings. The van der Waals surface area contributed by atoms with Crippen molar-refractivity contribution < 1.29 is 14.6 Å². The van der Waals surface area contributed by atoms with Crippen LogP contribution in [0, 0.1) is 0 Å². The zero-order chi connectivity index (χ0) is 13.1. The fourth-order valence-corrected chi connectivity index (χ4v) is 1.62. The number of esters is 1. The van der Waals surface area contributed by atoms with Crippen molar-refractivity contribution in [1.82, 2.24) is 19.5 Å². The molecule has 8 nitrogen and oxygen atoms in total. The highest BCUT2D eigenvalue weighted by Crippen LogP contribution is 2.14. The van der Waals surface area contributed by atoms with Gasteiger partial charge >= 0.3 is 5.97 Å². The molecule has 2 heterocycles. The van der Waals surface area contributed by atoms with Gasteiger partial charge in [-0.2, -0.15) is 0 Å². The molecule has 0 spiro atoms. The molecular weight excluding hydrogens is 238 g/mol. The minimum absolute atomic E-state index is 0.253. The van der Waals surface area contributed by atoms with E-state index in [0.717, 1.165) is 0 Å². The second-order valence-corrected chi connectivity index (χ2v) is 3.74. The lowest BCUT2D eigenvalue weighted by atomic mass is 10.3. The first-order chi connectivity index (χ1) is 8.61. The van der Waals surface area contributed by atoms with Crippen molar-refractivity contribution in [1.29, 1.82) is 0 Å². The van der Waals surface area contributed by atoms with Crippen molar-refractivity contribution in [3.8, 4) is 0 Å². The molecular formula is C10H13N5O3. The summed E-state index contributed by atoms with van der Waals surface area (Å²) in [5, 5.41) is 9.13. The number of hydrogen-bond donors (Lipinski definition) is 2. The third-order valence-electron chi connectivity index (χ3n) is 2.37. The highest BCUT2D eigenvalue weighted by molar-refractivity contribution is 5.81. The van der Waals surface area contributed by atoms with Crippen molar-refractivity contribution >= 4 is 23.0 Å². The Morgan fingerprint density at radius 3 is 3.00 bits per heavy atom. The van der Waals surface area contributed by atoms with Crippen LogP contribution in [0.15, 0.2) is 12.7 Å². The summed E-state index contributed by atoms with van der Waals surface area (Å²) in [5.41, 5.74) is 6.67. The summed E-state index contributed by atoms with van der Waals surface area (Å²) >= 11 is 0. The zero-order valence-electron chi connectivity index (χ0n) is 9.78. The molecule has 0 aliphatic carbocycles. The molecule has 0 saturated carbocycles. The van der Waals surface area contributed by atoms with E-state index in [0.29, 0.717) is 11.2 Å². The molecule has 2 rings (SSSR count). The minimum atomic E-state index is -0.643. The summed E-state index contributed by atoms with van der Waals surface area (Å²) in [6.45, 7) is 1.26. The number of rotatable bonds is 4. The van der Waals surface area contributed by atoms with Crippen LogP contribution < -0.4 is 5.73 Å². The van der Waals surface area contributed by atoms with Gasteiger partial charge in [0.1, 0.15) is 17.9 Å². The molecule has 8 heteroatoms. The number of aromatic nitrogens is 4. The SMILES string of the molecule is CC(=O)OC(CO)Cn1cnc2c(N)ncnc21. The second-order valence-electron chi connectivity index (χ2n) is 3.74. The minimum Gasteiger partial charge on any atom is -0.458 e. The van der Waals surface area contributed by atoms with Crippen LogP contribution in [0.4, 0.5) is 5.82 Å². The number of anilines is 1. The van der Waals surface area contributed by atoms with E-state index in [-0.39, 0.29) is 19.0 Å². The number of carbonyl (C=O) groups is 1. The van der Waals surface area contributed by atoms with Crippen LogP contribution in [0.5, 0.6) is 0 Å². The number of nitrogens with two attached hydrogens (primary N) is 1. The Kier molecular flexibility index (Phi) is 3.38. The van der Waals surface area contributed by atoms with E-state index in [4.69, 9.17) is 15.6 Å². The van der Waals surface area contributed by atoms with Crippen LogP contribution in [0.2, 0.25) is 0 Å². The molecule has 1 atom stereocenters. The number of aliphatic hydroxyl groups is 1. The second kappa shape index (κ2) is 4.96. The number of carbonyl (C=O) groups excluding carboxylic acids is 1. The summed E-state index contributed by atoms with van der Waals surface area (Å²) in [4.78, 5) is 22.8. The predicted octanol–water partition coefficient (Wildman–Crippen LogP) is -0.668. The molecule has 0 aromatic carbocycles. The summed E-state index contributed by atoms with van der Waals surface area (Å²) in [6, 6.07) is 0. The van der Waals surface area contributed by atoms with E-state index < -0.39 is 12.1 Å². The van der Waals surface area contributed by atoms with E-state index >= 15 is 0 Å². The smallest absolute Gasteiger partial charge is 0.303 e. The highest BCUT2D eigenvalue weighted by Gasteiger charge is 2.15. The predicted molar refractivity (Wildman–Crippen MR) is 62.4 cm³/mol. The fourth-order valence-electron chi connectivity index (χ4n) is 1.62. The summed E-state index contributed by atoms with van der Waals surface area (Å²) in [5.74, 6) is -0.167. The highest BCUT2D eigenvalue weighted by atomic mass is 16.5. The van der Waals surface area contributed by atoms with Crippen molar-refractivity contribution in [2.45, 2.75) is 19.6 Å². The third kappa shape index (κ3) is 2.38. The van der Waals surface area contributed by atoms with Crippen molar-refractivity contribution in [2.75, 3.05) is 12.3 Å². The first-order valence-electron chi connectivity index (χ1n) is 5.31.